The Balaban J connectivity index is 2.99. The molecule has 0 bridgehead atoms. The average molecular weight is 222 g/mol. The Morgan fingerprint density at radius 3 is 2.31 bits per heavy atom. The Hall–Kier alpha value is -1.51. The monoisotopic (exact) mass is 222 g/mol. The van der Waals surface area contributed by atoms with Crippen molar-refractivity contribution in [3.63, 3.8) is 0 Å². The first-order valence-electron chi connectivity index (χ1n) is 5.53. The fourth-order valence-corrected chi connectivity index (χ4v) is 1.85. The van der Waals surface area contributed by atoms with Crippen molar-refractivity contribution < 1.29 is 15.0 Å². The molecule has 0 unspecified atom stereocenters. The van der Waals surface area contributed by atoms with Crippen LogP contribution in [0.1, 0.15) is 37.6 Å². The highest BCUT2D eigenvalue weighted by atomic mass is 16.3. The van der Waals surface area contributed by atoms with Gasteiger partial charge in [0.1, 0.15) is 0 Å². The van der Waals surface area contributed by atoms with Crippen molar-refractivity contribution >= 4 is 5.78 Å². The quantitative estimate of drug-likeness (QED) is 0.608. The van der Waals surface area contributed by atoms with Crippen LogP contribution in [0, 0.1) is 11.8 Å². The minimum atomic E-state index is -0.246. The van der Waals surface area contributed by atoms with Gasteiger partial charge in [-0.15, -0.1) is 0 Å². The van der Waals surface area contributed by atoms with Crippen molar-refractivity contribution in [2.24, 2.45) is 11.8 Å². The molecular formula is C13H18O3. The number of rotatable bonds is 4. The van der Waals surface area contributed by atoms with Crippen LogP contribution in [0.2, 0.25) is 0 Å². The molecule has 1 aromatic rings. The van der Waals surface area contributed by atoms with E-state index in [-0.39, 0.29) is 29.1 Å². The van der Waals surface area contributed by atoms with Crippen LogP contribution in [0.25, 0.3) is 0 Å². The van der Waals surface area contributed by atoms with Gasteiger partial charge in [-0.3, -0.25) is 4.79 Å². The zero-order chi connectivity index (χ0) is 12.3. The van der Waals surface area contributed by atoms with Crippen molar-refractivity contribution in [2.45, 2.75) is 27.2 Å². The molecule has 0 aliphatic rings. The highest BCUT2D eigenvalue weighted by Crippen LogP contribution is 2.28. The predicted octanol–water partition coefficient (Wildman–Crippen LogP) is 2.96. The molecule has 0 heterocycles. The number of benzene rings is 1. The van der Waals surface area contributed by atoms with E-state index in [1.54, 1.807) is 6.07 Å². The van der Waals surface area contributed by atoms with Crippen LogP contribution < -0.4 is 0 Å². The van der Waals surface area contributed by atoms with Crippen molar-refractivity contribution in [3.8, 4) is 11.5 Å². The number of carbonyl (C=O) groups is 1. The minimum absolute atomic E-state index is 0.0211. The van der Waals surface area contributed by atoms with E-state index in [1.165, 1.54) is 12.1 Å². The van der Waals surface area contributed by atoms with Gasteiger partial charge in [-0.1, -0.05) is 20.8 Å². The van der Waals surface area contributed by atoms with Crippen LogP contribution in [0.5, 0.6) is 11.5 Å². The highest BCUT2D eigenvalue weighted by molar-refractivity contribution is 5.98. The summed E-state index contributed by atoms with van der Waals surface area (Å²) in [7, 11) is 0. The summed E-state index contributed by atoms with van der Waals surface area (Å²) in [5, 5.41) is 18.5. The van der Waals surface area contributed by atoms with E-state index in [0.717, 1.165) is 6.42 Å². The first-order valence-corrected chi connectivity index (χ1v) is 5.53. The molecule has 3 heteroatoms. The summed E-state index contributed by atoms with van der Waals surface area (Å²) < 4.78 is 0. The number of phenolic OH excluding ortho intramolecular Hbond substituents is 2. The van der Waals surface area contributed by atoms with E-state index in [2.05, 4.69) is 0 Å². The topological polar surface area (TPSA) is 57.5 Å². The fraction of sp³-hybridized carbons (Fsp3) is 0.462. The van der Waals surface area contributed by atoms with Crippen LogP contribution in [0.3, 0.4) is 0 Å². The van der Waals surface area contributed by atoms with E-state index >= 15 is 0 Å². The molecule has 0 aromatic heterocycles. The molecule has 0 aliphatic carbocycles. The van der Waals surface area contributed by atoms with Crippen molar-refractivity contribution in [3.05, 3.63) is 23.8 Å². The van der Waals surface area contributed by atoms with E-state index in [9.17, 15) is 9.90 Å². The number of ketones is 1. The largest absolute Gasteiger partial charge is 0.504 e. The van der Waals surface area contributed by atoms with Crippen LogP contribution in [-0.2, 0) is 0 Å². The smallest absolute Gasteiger partial charge is 0.166 e. The standard InChI is InChI=1S/C13H18O3/c1-4-10(8(2)3)13(16)9-5-6-11(14)12(15)7-9/h5-8,10,14-15H,4H2,1-3H3/t10-/m0/s1. The van der Waals surface area contributed by atoms with Gasteiger partial charge in [-0.05, 0) is 30.5 Å². The highest BCUT2D eigenvalue weighted by Gasteiger charge is 2.22. The first-order chi connectivity index (χ1) is 7.47. The maximum Gasteiger partial charge on any atom is 0.166 e. The molecule has 16 heavy (non-hydrogen) atoms. The molecule has 3 nitrogen and oxygen atoms in total. The van der Waals surface area contributed by atoms with E-state index in [4.69, 9.17) is 5.11 Å². The summed E-state index contributed by atoms with van der Waals surface area (Å²) in [4.78, 5) is 12.1. The average Bonchev–Trinajstić information content (AvgIpc) is 2.22. The molecule has 1 rings (SSSR count). The lowest BCUT2D eigenvalue weighted by atomic mass is 9.86. The van der Waals surface area contributed by atoms with Gasteiger partial charge in [-0.25, -0.2) is 0 Å². The second kappa shape index (κ2) is 5.01. The molecule has 0 fully saturated rings. The third-order valence-corrected chi connectivity index (χ3v) is 2.84. The molecular weight excluding hydrogens is 204 g/mol. The lowest BCUT2D eigenvalue weighted by Crippen LogP contribution is -2.19. The maximum absolute atomic E-state index is 12.1. The molecule has 88 valence electrons. The van der Waals surface area contributed by atoms with Gasteiger partial charge >= 0.3 is 0 Å². The summed E-state index contributed by atoms with van der Waals surface area (Å²) in [6.07, 6.45) is 0.776. The van der Waals surface area contributed by atoms with Crippen LogP contribution in [-0.4, -0.2) is 16.0 Å². The predicted molar refractivity (Wildman–Crippen MR) is 62.7 cm³/mol. The van der Waals surface area contributed by atoms with Crippen LogP contribution in [0.15, 0.2) is 18.2 Å². The fourth-order valence-electron chi connectivity index (χ4n) is 1.85. The Bertz CT molecular complexity index is 383. The summed E-state index contributed by atoms with van der Waals surface area (Å²) in [6.45, 7) is 5.99. The molecule has 1 atom stereocenters. The van der Waals surface area contributed by atoms with Gasteiger partial charge in [0.05, 0.1) is 0 Å². The molecule has 0 spiro atoms. The van der Waals surface area contributed by atoms with Gasteiger partial charge < -0.3 is 10.2 Å². The van der Waals surface area contributed by atoms with Crippen LogP contribution >= 0.6 is 0 Å². The summed E-state index contributed by atoms with van der Waals surface area (Å²) in [5.41, 5.74) is 0.454. The Kier molecular flexibility index (Phi) is 3.93. The van der Waals surface area contributed by atoms with Gasteiger partial charge in [0.25, 0.3) is 0 Å². The third-order valence-electron chi connectivity index (χ3n) is 2.84. The molecule has 0 saturated carbocycles. The number of hydrogen-bond donors (Lipinski definition) is 2. The third kappa shape index (κ3) is 2.54. The molecule has 0 radical (unpaired) electrons. The molecule has 0 aliphatic heterocycles. The summed E-state index contributed by atoms with van der Waals surface area (Å²) in [6, 6.07) is 4.21. The summed E-state index contributed by atoms with van der Waals surface area (Å²) in [5.74, 6) is -0.191. The Morgan fingerprint density at radius 2 is 1.88 bits per heavy atom. The van der Waals surface area contributed by atoms with E-state index < -0.39 is 0 Å². The number of aromatic hydroxyl groups is 2. The Morgan fingerprint density at radius 1 is 1.25 bits per heavy atom. The van der Waals surface area contributed by atoms with Crippen LogP contribution in [0.4, 0.5) is 0 Å². The van der Waals surface area contributed by atoms with Gasteiger partial charge in [0, 0.05) is 11.5 Å². The number of carbonyl (C=O) groups excluding carboxylic acids is 1. The number of hydrogen-bond acceptors (Lipinski definition) is 3. The zero-order valence-electron chi connectivity index (χ0n) is 9.90. The second-order valence-corrected chi connectivity index (χ2v) is 4.33. The zero-order valence-corrected chi connectivity index (χ0v) is 9.90. The molecule has 0 amide bonds. The number of Topliss-reactive ketones (excluding diaryl/α,β-unsaturated/α-hetero) is 1. The number of phenols is 2. The lowest BCUT2D eigenvalue weighted by Gasteiger charge is -2.17. The summed E-state index contributed by atoms with van der Waals surface area (Å²) >= 11 is 0. The molecule has 1 aromatic carbocycles. The first kappa shape index (κ1) is 12.6. The van der Waals surface area contributed by atoms with Gasteiger partial charge in [0.2, 0.25) is 0 Å². The second-order valence-electron chi connectivity index (χ2n) is 4.33. The SMILES string of the molecule is CC[C@H](C(=O)c1ccc(O)c(O)c1)C(C)C. The van der Waals surface area contributed by atoms with E-state index in [0.29, 0.717) is 5.56 Å². The van der Waals surface area contributed by atoms with Gasteiger partial charge in [0.15, 0.2) is 17.3 Å². The normalized spacial score (nSPS) is 12.8. The maximum atomic E-state index is 12.1. The minimum Gasteiger partial charge on any atom is -0.504 e. The van der Waals surface area contributed by atoms with Gasteiger partial charge in [-0.2, -0.15) is 0 Å². The van der Waals surface area contributed by atoms with Crippen molar-refractivity contribution in [1.82, 2.24) is 0 Å². The van der Waals surface area contributed by atoms with Crippen molar-refractivity contribution in [1.29, 1.82) is 0 Å². The molecule has 2 N–H and O–H groups in total. The van der Waals surface area contributed by atoms with Crippen molar-refractivity contribution in [2.75, 3.05) is 0 Å². The van der Waals surface area contributed by atoms with E-state index in [1.807, 2.05) is 20.8 Å². The lowest BCUT2D eigenvalue weighted by molar-refractivity contribution is 0.0881. The molecule has 0 saturated heterocycles. The Labute approximate surface area is 95.7 Å².